The fourth-order valence-corrected chi connectivity index (χ4v) is 2.90. The third kappa shape index (κ3) is 3.23. The molecule has 3 rings (SSSR count). The van der Waals surface area contributed by atoms with Crippen LogP contribution in [-0.4, -0.2) is 35.0 Å². The van der Waals surface area contributed by atoms with E-state index in [-0.39, 0.29) is 10.6 Å². The molecule has 0 bridgehead atoms. The first-order chi connectivity index (χ1) is 11.2. The number of nitrogens with zero attached hydrogens (tertiary/aromatic N) is 5. The molecule has 0 unspecified atom stereocenters. The first-order valence-corrected chi connectivity index (χ1v) is 7.66. The highest BCUT2D eigenvalue weighted by atomic mass is 16.6. The summed E-state index contributed by atoms with van der Waals surface area (Å²) in [5.41, 5.74) is 1.07. The molecule has 7 nitrogen and oxygen atoms in total. The van der Waals surface area contributed by atoms with Crippen LogP contribution in [0.5, 0.6) is 0 Å². The Kier molecular flexibility index (Phi) is 4.36. The number of anilines is 2. The summed E-state index contributed by atoms with van der Waals surface area (Å²) >= 11 is 0. The standard InChI is InChI=1S/C16H19N5O2/c1-19(11-13-7-3-2-4-8-13)15-14(21(22)23)16(18-12-17-15)20-9-5-6-10-20/h2-4,7-8,12H,5-6,9-11H2,1H3. The largest absolute Gasteiger partial charge is 0.353 e. The van der Waals surface area contributed by atoms with E-state index in [1.54, 1.807) is 4.90 Å². The molecule has 1 aliphatic rings. The van der Waals surface area contributed by atoms with E-state index in [0.717, 1.165) is 31.5 Å². The van der Waals surface area contributed by atoms with Crippen LogP contribution in [-0.2, 0) is 6.54 Å². The molecule has 0 saturated carbocycles. The maximum absolute atomic E-state index is 11.6. The zero-order valence-electron chi connectivity index (χ0n) is 13.1. The van der Waals surface area contributed by atoms with E-state index in [1.165, 1.54) is 6.33 Å². The second kappa shape index (κ2) is 6.60. The van der Waals surface area contributed by atoms with E-state index < -0.39 is 0 Å². The lowest BCUT2D eigenvalue weighted by atomic mass is 10.2. The number of hydrogen-bond donors (Lipinski definition) is 0. The van der Waals surface area contributed by atoms with Gasteiger partial charge in [-0.1, -0.05) is 30.3 Å². The lowest BCUT2D eigenvalue weighted by Crippen LogP contribution is -2.24. The fourth-order valence-electron chi connectivity index (χ4n) is 2.90. The van der Waals surface area contributed by atoms with Gasteiger partial charge in [0.05, 0.1) is 4.92 Å². The van der Waals surface area contributed by atoms with Crippen LogP contribution in [0.25, 0.3) is 0 Å². The lowest BCUT2D eigenvalue weighted by Gasteiger charge is -2.21. The van der Waals surface area contributed by atoms with Crippen molar-refractivity contribution in [1.29, 1.82) is 0 Å². The van der Waals surface area contributed by atoms with E-state index in [1.807, 2.05) is 42.3 Å². The van der Waals surface area contributed by atoms with Crippen LogP contribution in [0.1, 0.15) is 18.4 Å². The number of nitro groups is 1. The molecule has 2 heterocycles. The Balaban J connectivity index is 1.94. The van der Waals surface area contributed by atoms with Crippen LogP contribution in [0.3, 0.4) is 0 Å². The predicted molar refractivity (Wildman–Crippen MR) is 88.7 cm³/mol. The van der Waals surface area contributed by atoms with Gasteiger partial charge in [-0.25, -0.2) is 9.97 Å². The van der Waals surface area contributed by atoms with Crippen LogP contribution >= 0.6 is 0 Å². The van der Waals surface area contributed by atoms with Gasteiger partial charge < -0.3 is 9.80 Å². The molecule has 1 fully saturated rings. The Morgan fingerprint density at radius 1 is 1.22 bits per heavy atom. The Morgan fingerprint density at radius 2 is 1.91 bits per heavy atom. The molecule has 0 aliphatic carbocycles. The summed E-state index contributed by atoms with van der Waals surface area (Å²) in [5, 5.41) is 11.6. The van der Waals surface area contributed by atoms with Gasteiger partial charge in [-0.2, -0.15) is 0 Å². The lowest BCUT2D eigenvalue weighted by molar-refractivity contribution is -0.383. The maximum Gasteiger partial charge on any atom is 0.353 e. The Morgan fingerprint density at radius 3 is 2.57 bits per heavy atom. The Hall–Kier alpha value is -2.70. The van der Waals surface area contributed by atoms with Crippen molar-refractivity contribution < 1.29 is 4.92 Å². The third-order valence-corrected chi connectivity index (χ3v) is 4.00. The molecule has 0 radical (unpaired) electrons. The van der Waals surface area contributed by atoms with Crippen LogP contribution in [0.15, 0.2) is 36.7 Å². The fraction of sp³-hybridized carbons (Fsp3) is 0.375. The highest BCUT2D eigenvalue weighted by Gasteiger charge is 2.30. The average Bonchev–Trinajstić information content (AvgIpc) is 3.09. The topological polar surface area (TPSA) is 75.4 Å². The van der Waals surface area contributed by atoms with Gasteiger partial charge in [0.2, 0.25) is 11.6 Å². The first kappa shape index (κ1) is 15.2. The summed E-state index contributed by atoms with van der Waals surface area (Å²) in [6, 6.07) is 9.83. The molecule has 120 valence electrons. The second-order valence-electron chi connectivity index (χ2n) is 5.66. The molecule has 1 aliphatic heterocycles. The van der Waals surface area contributed by atoms with Crippen molar-refractivity contribution in [2.45, 2.75) is 19.4 Å². The number of benzene rings is 1. The zero-order valence-corrected chi connectivity index (χ0v) is 13.1. The van der Waals surface area contributed by atoms with Gasteiger partial charge in [0.25, 0.3) is 0 Å². The highest BCUT2D eigenvalue weighted by Crippen LogP contribution is 2.35. The molecule has 0 N–H and O–H groups in total. The molecule has 7 heteroatoms. The predicted octanol–water partition coefficient (Wildman–Crippen LogP) is 2.62. The van der Waals surface area contributed by atoms with E-state index in [0.29, 0.717) is 18.2 Å². The summed E-state index contributed by atoms with van der Waals surface area (Å²) in [6.45, 7) is 2.16. The van der Waals surface area contributed by atoms with Gasteiger partial charge in [-0.05, 0) is 18.4 Å². The van der Waals surface area contributed by atoms with Gasteiger partial charge in [0, 0.05) is 26.7 Å². The summed E-state index contributed by atoms with van der Waals surface area (Å²) in [7, 11) is 1.82. The molecule has 1 saturated heterocycles. The summed E-state index contributed by atoms with van der Waals surface area (Å²) in [5.74, 6) is 0.785. The second-order valence-corrected chi connectivity index (χ2v) is 5.66. The van der Waals surface area contributed by atoms with Gasteiger partial charge in [0.15, 0.2) is 0 Å². The van der Waals surface area contributed by atoms with E-state index in [4.69, 9.17) is 0 Å². The van der Waals surface area contributed by atoms with Gasteiger partial charge in [-0.15, -0.1) is 0 Å². The summed E-state index contributed by atoms with van der Waals surface area (Å²) < 4.78 is 0. The first-order valence-electron chi connectivity index (χ1n) is 7.66. The number of rotatable bonds is 5. The Labute approximate surface area is 134 Å². The number of hydrogen-bond acceptors (Lipinski definition) is 6. The van der Waals surface area contributed by atoms with E-state index in [2.05, 4.69) is 9.97 Å². The van der Waals surface area contributed by atoms with E-state index in [9.17, 15) is 10.1 Å². The van der Waals surface area contributed by atoms with E-state index >= 15 is 0 Å². The minimum absolute atomic E-state index is 0.00664. The van der Waals surface area contributed by atoms with Crippen molar-refractivity contribution in [2.75, 3.05) is 29.9 Å². The quantitative estimate of drug-likeness (QED) is 0.624. The maximum atomic E-state index is 11.6. The number of aromatic nitrogens is 2. The molecule has 2 aromatic rings. The highest BCUT2D eigenvalue weighted by molar-refractivity contribution is 5.71. The van der Waals surface area contributed by atoms with Crippen molar-refractivity contribution in [3.05, 3.63) is 52.3 Å². The van der Waals surface area contributed by atoms with Crippen LogP contribution < -0.4 is 9.80 Å². The van der Waals surface area contributed by atoms with Crippen molar-refractivity contribution >= 4 is 17.3 Å². The van der Waals surface area contributed by atoms with Gasteiger partial charge >= 0.3 is 5.69 Å². The molecule has 23 heavy (non-hydrogen) atoms. The van der Waals surface area contributed by atoms with Crippen molar-refractivity contribution in [3.8, 4) is 0 Å². The molecular weight excluding hydrogens is 294 g/mol. The minimum Gasteiger partial charge on any atom is -0.351 e. The smallest absolute Gasteiger partial charge is 0.351 e. The average molecular weight is 313 g/mol. The zero-order chi connectivity index (χ0) is 16.2. The van der Waals surface area contributed by atoms with Crippen molar-refractivity contribution in [2.24, 2.45) is 0 Å². The normalized spacial score (nSPS) is 14.0. The molecule has 0 atom stereocenters. The summed E-state index contributed by atoms with van der Waals surface area (Å²) in [6.07, 6.45) is 3.49. The summed E-state index contributed by atoms with van der Waals surface area (Å²) in [4.78, 5) is 23.4. The monoisotopic (exact) mass is 313 g/mol. The molecule has 1 aromatic heterocycles. The minimum atomic E-state index is -0.371. The SMILES string of the molecule is CN(Cc1ccccc1)c1ncnc(N2CCCC2)c1[N+](=O)[O-]. The molecular formula is C16H19N5O2. The Bertz CT molecular complexity index is 686. The van der Waals surface area contributed by atoms with Crippen molar-refractivity contribution in [1.82, 2.24) is 9.97 Å². The molecule has 1 aromatic carbocycles. The molecule has 0 amide bonds. The van der Waals surface area contributed by atoms with Crippen LogP contribution in [0.2, 0.25) is 0 Å². The van der Waals surface area contributed by atoms with Gasteiger partial charge in [-0.3, -0.25) is 10.1 Å². The third-order valence-electron chi connectivity index (χ3n) is 4.00. The molecule has 0 spiro atoms. The van der Waals surface area contributed by atoms with Gasteiger partial charge in [0.1, 0.15) is 6.33 Å². The van der Waals surface area contributed by atoms with Crippen LogP contribution in [0.4, 0.5) is 17.3 Å². The van der Waals surface area contributed by atoms with Crippen LogP contribution in [0, 0.1) is 10.1 Å². The van der Waals surface area contributed by atoms with Crippen molar-refractivity contribution in [3.63, 3.8) is 0 Å².